The fourth-order valence-corrected chi connectivity index (χ4v) is 5.29. The smallest absolute Gasteiger partial charge is 0.191 e. The van der Waals surface area contributed by atoms with E-state index in [1.54, 1.807) is 39.5 Å². The summed E-state index contributed by atoms with van der Waals surface area (Å²) < 4.78 is 18.2. The van der Waals surface area contributed by atoms with Gasteiger partial charge in [-0.05, 0) is 37.1 Å². The Bertz CT molecular complexity index is 1140. The van der Waals surface area contributed by atoms with E-state index in [1.165, 1.54) is 31.0 Å². The average Bonchev–Trinajstić information content (AvgIpc) is 3.33. The van der Waals surface area contributed by atoms with Crippen molar-refractivity contribution in [1.82, 2.24) is 14.8 Å². The quantitative estimate of drug-likeness (QED) is 0.279. The standard InChI is InChI=1S/C26H32N4O4S/c1-32-20-11-7-8-18(14-20)27-16-25-28-29-26(30(25)19-9-5-4-6-10-19)35-17-23(31)22-13-12-21(33-2)15-24(22)34-3/h7-8,11-15,19,27H,4-6,9-10,16-17H2,1-3H3. The average molecular weight is 497 g/mol. The van der Waals surface area contributed by atoms with Crippen molar-refractivity contribution in [3.8, 4) is 17.2 Å². The lowest BCUT2D eigenvalue weighted by molar-refractivity contribution is 0.101. The molecule has 0 radical (unpaired) electrons. The molecule has 1 heterocycles. The van der Waals surface area contributed by atoms with Crippen LogP contribution in [0.2, 0.25) is 0 Å². The van der Waals surface area contributed by atoms with E-state index in [1.807, 2.05) is 24.3 Å². The Morgan fingerprint density at radius 3 is 2.51 bits per heavy atom. The summed E-state index contributed by atoms with van der Waals surface area (Å²) in [6.45, 7) is 0.539. The van der Waals surface area contributed by atoms with Crippen LogP contribution in [-0.2, 0) is 6.54 Å². The van der Waals surface area contributed by atoms with Crippen molar-refractivity contribution in [2.75, 3.05) is 32.4 Å². The van der Waals surface area contributed by atoms with Crippen molar-refractivity contribution in [1.29, 1.82) is 0 Å². The van der Waals surface area contributed by atoms with Gasteiger partial charge in [-0.1, -0.05) is 37.1 Å². The number of hydrogen-bond acceptors (Lipinski definition) is 8. The fourth-order valence-electron chi connectivity index (χ4n) is 4.38. The first-order valence-corrected chi connectivity index (χ1v) is 12.8. The number of Topliss-reactive ketones (excluding diaryl/α,β-unsaturated/α-hetero) is 1. The van der Waals surface area contributed by atoms with Gasteiger partial charge in [-0.2, -0.15) is 0 Å². The van der Waals surface area contributed by atoms with E-state index >= 15 is 0 Å². The van der Waals surface area contributed by atoms with Gasteiger partial charge < -0.3 is 24.1 Å². The number of carbonyl (C=O) groups is 1. The van der Waals surface area contributed by atoms with Crippen LogP contribution in [0.1, 0.15) is 54.3 Å². The Labute approximate surface area is 210 Å². The molecule has 0 aliphatic heterocycles. The molecule has 1 aliphatic rings. The molecule has 0 spiro atoms. The molecule has 0 bridgehead atoms. The Kier molecular flexibility index (Phi) is 8.52. The zero-order valence-electron chi connectivity index (χ0n) is 20.5. The third-order valence-corrected chi connectivity index (χ3v) is 7.18. The number of thioether (sulfide) groups is 1. The molecular formula is C26H32N4O4S. The number of hydrogen-bond donors (Lipinski definition) is 1. The van der Waals surface area contributed by atoms with E-state index in [0.717, 1.165) is 35.3 Å². The minimum atomic E-state index is -0.0243. The van der Waals surface area contributed by atoms with Crippen molar-refractivity contribution >= 4 is 23.2 Å². The van der Waals surface area contributed by atoms with Crippen LogP contribution >= 0.6 is 11.8 Å². The number of nitrogens with one attached hydrogen (secondary N) is 1. The molecule has 0 unspecified atom stereocenters. The molecule has 2 aromatic carbocycles. The van der Waals surface area contributed by atoms with Gasteiger partial charge in [0.1, 0.15) is 17.2 Å². The molecule has 0 amide bonds. The minimum absolute atomic E-state index is 0.0243. The van der Waals surface area contributed by atoms with Crippen LogP contribution in [0.4, 0.5) is 5.69 Å². The van der Waals surface area contributed by atoms with Crippen molar-refractivity contribution < 1.29 is 19.0 Å². The summed E-state index contributed by atoms with van der Waals surface area (Å²) in [5.41, 5.74) is 1.49. The molecule has 4 rings (SSSR count). The number of aromatic nitrogens is 3. The predicted octanol–water partition coefficient (Wildman–Crippen LogP) is 5.40. The molecule has 1 aromatic heterocycles. The first kappa shape index (κ1) is 24.9. The zero-order chi connectivity index (χ0) is 24.6. The summed E-state index contributed by atoms with van der Waals surface area (Å²) in [4.78, 5) is 13.0. The number of nitrogens with zero attached hydrogens (tertiary/aromatic N) is 3. The van der Waals surface area contributed by atoms with E-state index < -0.39 is 0 Å². The van der Waals surface area contributed by atoms with Crippen molar-refractivity contribution in [3.05, 3.63) is 53.9 Å². The molecular weight excluding hydrogens is 464 g/mol. The van der Waals surface area contributed by atoms with Crippen LogP contribution in [-0.4, -0.2) is 47.6 Å². The number of methoxy groups -OCH3 is 3. The van der Waals surface area contributed by atoms with E-state index in [4.69, 9.17) is 14.2 Å². The molecule has 1 N–H and O–H groups in total. The Morgan fingerprint density at radius 2 is 1.77 bits per heavy atom. The van der Waals surface area contributed by atoms with E-state index in [0.29, 0.717) is 29.6 Å². The molecule has 8 nitrogen and oxygen atoms in total. The number of ether oxygens (including phenoxy) is 3. The minimum Gasteiger partial charge on any atom is -0.497 e. The van der Waals surface area contributed by atoms with Gasteiger partial charge in [-0.3, -0.25) is 4.79 Å². The fraction of sp³-hybridized carbons (Fsp3) is 0.423. The van der Waals surface area contributed by atoms with Crippen LogP contribution in [0.5, 0.6) is 17.2 Å². The van der Waals surface area contributed by atoms with Crippen LogP contribution in [0, 0.1) is 0 Å². The summed E-state index contributed by atoms with van der Waals surface area (Å²) in [6.07, 6.45) is 5.83. The maximum absolute atomic E-state index is 13.0. The summed E-state index contributed by atoms with van der Waals surface area (Å²) in [5, 5.41) is 13.2. The molecule has 0 atom stereocenters. The van der Waals surface area contributed by atoms with E-state index in [-0.39, 0.29) is 11.5 Å². The second-order valence-electron chi connectivity index (χ2n) is 8.42. The molecule has 0 saturated heterocycles. The van der Waals surface area contributed by atoms with Crippen LogP contribution < -0.4 is 19.5 Å². The van der Waals surface area contributed by atoms with Gasteiger partial charge in [0.05, 0.1) is 39.2 Å². The monoisotopic (exact) mass is 496 g/mol. The molecule has 1 saturated carbocycles. The van der Waals surface area contributed by atoms with Crippen LogP contribution in [0.25, 0.3) is 0 Å². The maximum Gasteiger partial charge on any atom is 0.191 e. The highest BCUT2D eigenvalue weighted by atomic mass is 32.2. The second-order valence-corrected chi connectivity index (χ2v) is 9.37. The van der Waals surface area contributed by atoms with Gasteiger partial charge in [0, 0.05) is 23.9 Å². The summed E-state index contributed by atoms with van der Waals surface area (Å²) >= 11 is 1.43. The molecule has 1 aliphatic carbocycles. The van der Waals surface area contributed by atoms with Gasteiger partial charge in [-0.25, -0.2) is 0 Å². The number of rotatable bonds is 11. The highest BCUT2D eigenvalue weighted by Crippen LogP contribution is 2.34. The number of benzene rings is 2. The number of ketones is 1. The molecule has 186 valence electrons. The lowest BCUT2D eigenvalue weighted by atomic mass is 9.95. The topological polar surface area (TPSA) is 87.5 Å². The lowest BCUT2D eigenvalue weighted by Gasteiger charge is -2.25. The second kappa shape index (κ2) is 12.0. The normalized spacial score (nSPS) is 13.9. The predicted molar refractivity (Wildman–Crippen MR) is 137 cm³/mol. The van der Waals surface area contributed by atoms with E-state index in [9.17, 15) is 4.79 Å². The van der Waals surface area contributed by atoms with Gasteiger partial charge in [0.15, 0.2) is 16.8 Å². The Morgan fingerprint density at radius 1 is 1.00 bits per heavy atom. The van der Waals surface area contributed by atoms with Crippen LogP contribution in [0.15, 0.2) is 47.6 Å². The maximum atomic E-state index is 13.0. The first-order valence-electron chi connectivity index (χ1n) is 11.8. The SMILES string of the molecule is COc1cccc(NCc2nnc(SCC(=O)c3ccc(OC)cc3OC)n2C2CCCCC2)c1. The summed E-state index contributed by atoms with van der Waals surface area (Å²) in [6, 6.07) is 13.4. The van der Waals surface area contributed by atoms with E-state index in [2.05, 4.69) is 20.1 Å². The highest BCUT2D eigenvalue weighted by molar-refractivity contribution is 7.99. The zero-order valence-corrected chi connectivity index (χ0v) is 21.3. The Balaban J connectivity index is 1.51. The van der Waals surface area contributed by atoms with Crippen LogP contribution in [0.3, 0.4) is 0 Å². The third kappa shape index (κ3) is 6.08. The lowest BCUT2D eigenvalue weighted by Crippen LogP contribution is -2.18. The molecule has 9 heteroatoms. The molecule has 1 fully saturated rings. The first-order chi connectivity index (χ1) is 17.1. The Hall–Kier alpha value is -3.20. The highest BCUT2D eigenvalue weighted by Gasteiger charge is 2.24. The summed E-state index contributed by atoms with van der Waals surface area (Å²) in [7, 11) is 4.80. The van der Waals surface area contributed by atoms with Crippen molar-refractivity contribution in [2.24, 2.45) is 0 Å². The largest absolute Gasteiger partial charge is 0.497 e. The number of anilines is 1. The summed E-state index contributed by atoms with van der Waals surface area (Å²) in [5.74, 6) is 3.05. The third-order valence-electron chi connectivity index (χ3n) is 6.24. The molecule has 35 heavy (non-hydrogen) atoms. The van der Waals surface area contributed by atoms with Crippen molar-refractivity contribution in [2.45, 2.75) is 49.8 Å². The van der Waals surface area contributed by atoms with Gasteiger partial charge in [0.25, 0.3) is 0 Å². The van der Waals surface area contributed by atoms with Gasteiger partial charge in [0.2, 0.25) is 0 Å². The van der Waals surface area contributed by atoms with Gasteiger partial charge >= 0.3 is 0 Å². The number of carbonyl (C=O) groups excluding carboxylic acids is 1. The molecule has 3 aromatic rings. The van der Waals surface area contributed by atoms with Crippen molar-refractivity contribution in [3.63, 3.8) is 0 Å². The van der Waals surface area contributed by atoms with Gasteiger partial charge in [-0.15, -0.1) is 10.2 Å².